The van der Waals surface area contributed by atoms with Gasteiger partial charge in [-0.05, 0) is 17.7 Å². The zero-order valence-corrected chi connectivity index (χ0v) is 12.3. The van der Waals surface area contributed by atoms with Crippen LogP contribution in [0.25, 0.3) is 21.2 Å². The summed E-state index contributed by atoms with van der Waals surface area (Å²) < 4.78 is 6.45. The standard InChI is InChI=1S/C16H11ClO2S/c1-19-16(18)11-7-8-12-13(9-11)20-15(17)14(12)10-5-3-2-4-6-10/h2-9H,1H3. The van der Waals surface area contributed by atoms with Crippen LogP contribution in [0.4, 0.5) is 0 Å². The average Bonchev–Trinajstić information content (AvgIpc) is 2.82. The first-order chi connectivity index (χ1) is 9.70. The Kier molecular flexibility index (Phi) is 3.47. The van der Waals surface area contributed by atoms with E-state index in [1.165, 1.54) is 18.4 Å². The third-order valence-corrected chi connectivity index (χ3v) is 4.49. The topological polar surface area (TPSA) is 26.3 Å². The molecule has 20 heavy (non-hydrogen) atoms. The van der Waals surface area contributed by atoms with Crippen LogP contribution >= 0.6 is 22.9 Å². The van der Waals surface area contributed by atoms with Gasteiger partial charge in [0.2, 0.25) is 0 Å². The summed E-state index contributed by atoms with van der Waals surface area (Å²) in [6, 6.07) is 15.5. The quantitative estimate of drug-likeness (QED) is 0.622. The van der Waals surface area contributed by atoms with E-state index >= 15 is 0 Å². The molecule has 0 saturated heterocycles. The second-order valence-electron chi connectivity index (χ2n) is 4.32. The van der Waals surface area contributed by atoms with E-state index in [2.05, 4.69) is 0 Å². The molecule has 0 amide bonds. The number of thiophene rings is 1. The summed E-state index contributed by atoms with van der Waals surface area (Å²) in [5, 5.41) is 1.05. The van der Waals surface area contributed by atoms with Gasteiger partial charge in [-0.25, -0.2) is 4.79 Å². The molecule has 0 unspecified atom stereocenters. The first-order valence-corrected chi connectivity index (χ1v) is 7.26. The summed E-state index contributed by atoms with van der Waals surface area (Å²) in [5.74, 6) is -0.335. The van der Waals surface area contributed by atoms with E-state index < -0.39 is 0 Å². The lowest BCUT2D eigenvalue weighted by Gasteiger charge is -2.02. The number of carbonyl (C=O) groups is 1. The lowest BCUT2D eigenvalue weighted by Crippen LogP contribution is -1.99. The predicted octanol–water partition coefficient (Wildman–Crippen LogP) is 5.01. The highest BCUT2D eigenvalue weighted by Crippen LogP contribution is 2.42. The largest absolute Gasteiger partial charge is 0.465 e. The molecule has 100 valence electrons. The van der Waals surface area contributed by atoms with Crippen LogP contribution in [0.3, 0.4) is 0 Å². The Labute approximate surface area is 125 Å². The normalized spacial score (nSPS) is 10.7. The fraction of sp³-hybridized carbons (Fsp3) is 0.0625. The highest BCUT2D eigenvalue weighted by molar-refractivity contribution is 7.23. The Morgan fingerprint density at radius 3 is 2.60 bits per heavy atom. The van der Waals surface area contributed by atoms with Gasteiger partial charge in [-0.1, -0.05) is 48.0 Å². The van der Waals surface area contributed by atoms with Crippen molar-refractivity contribution in [3.63, 3.8) is 0 Å². The molecule has 3 rings (SSSR count). The van der Waals surface area contributed by atoms with Crippen molar-refractivity contribution in [2.45, 2.75) is 0 Å². The summed E-state index contributed by atoms with van der Waals surface area (Å²) in [7, 11) is 1.38. The van der Waals surface area contributed by atoms with Crippen LogP contribution in [0.1, 0.15) is 10.4 Å². The number of hydrogen-bond donors (Lipinski definition) is 0. The molecule has 0 N–H and O–H groups in total. The Morgan fingerprint density at radius 1 is 1.15 bits per heavy atom. The van der Waals surface area contributed by atoms with E-state index in [0.717, 1.165) is 25.5 Å². The highest BCUT2D eigenvalue weighted by Gasteiger charge is 2.14. The predicted molar refractivity (Wildman–Crippen MR) is 83.6 cm³/mol. The van der Waals surface area contributed by atoms with E-state index in [4.69, 9.17) is 16.3 Å². The van der Waals surface area contributed by atoms with Crippen LogP contribution in [0, 0.1) is 0 Å². The Morgan fingerprint density at radius 2 is 1.90 bits per heavy atom. The Bertz CT molecular complexity index is 778. The molecular weight excluding hydrogens is 292 g/mol. The van der Waals surface area contributed by atoms with Gasteiger partial charge in [0.15, 0.2) is 0 Å². The zero-order chi connectivity index (χ0) is 14.1. The van der Waals surface area contributed by atoms with Gasteiger partial charge < -0.3 is 4.74 Å². The maximum absolute atomic E-state index is 11.6. The second kappa shape index (κ2) is 5.27. The number of esters is 1. The summed E-state index contributed by atoms with van der Waals surface area (Å²) in [5.41, 5.74) is 2.63. The smallest absolute Gasteiger partial charge is 0.337 e. The number of halogens is 1. The van der Waals surface area contributed by atoms with Crippen molar-refractivity contribution in [3.8, 4) is 11.1 Å². The van der Waals surface area contributed by atoms with Gasteiger partial charge in [-0.2, -0.15) is 0 Å². The summed E-state index contributed by atoms with van der Waals surface area (Å²) >= 11 is 7.84. The SMILES string of the molecule is COC(=O)c1ccc2c(-c3ccccc3)c(Cl)sc2c1. The van der Waals surface area contributed by atoms with Crippen LogP contribution in [0.5, 0.6) is 0 Å². The molecule has 0 atom stereocenters. The van der Waals surface area contributed by atoms with E-state index in [1.807, 2.05) is 42.5 Å². The number of rotatable bonds is 2. The van der Waals surface area contributed by atoms with Gasteiger partial charge in [0.1, 0.15) is 4.34 Å². The van der Waals surface area contributed by atoms with Gasteiger partial charge >= 0.3 is 5.97 Å². The molecule has 0 aliphatic carbocycles. The van der Waals surface area contributed by atoms with Crippen molar-refractivity contribution in [1.29, 1.82) is 0 Å². The van der Waals surface area contributed by atoms with Gasteiger partial charge in [0.05, 0.1) is 12.7 Å². The van der Waals surface area contributed by atoms with E-state index in [1.54, 1.807) is 6.07 Å². The Balaban J connectivity index is 2.20. The molecule has 0 saturated carbocycles. The molecular formula is C16H11ClO2S. The minimum atomic E-state index is -0.335. The fourth-order valence-corrected chi connectivity index (χ4v) is 3.63. The lowest BCUT2D eigenvalue weighted by atomic mass is 10.0. The van der Waals surface area contributed by atoms with Crippen LogP contribution < -0.4 is 0 Å². The van der Waals surface area contributed by atoms with Crippen molar-refractivity contribution >= 4 is 39.0 Å². The molecule has 0 aliphatic rings. The van der Waals surface area contributed by atoms with Crippen LogP contribution in [-0.2, 0) is 4.74 Å². The number of hydrogen-bond acceptors (Lipinski definition) is 3. The molecule has 0 spiro atoms. The summed E-state index contributed by atoms with van der Waals surface area (Å²) in [6.45, 7) is 0. The third-order valence-electron chi connectivity index (χ3n) is 3.13. The number of methoxy groups -OCH3 is 1. The minimum Gasteiger partial charge on any atom is -0.465 e. The molecule has 3 aromatic rings. The van der Waals surface area contributed by atoms with E-state index in [9.17, 15) is 4.79 Å². The van der Waals surface area contributed by atoms with Crippen molar-refractivity contribution in [2.24, 2.45) is 0 Å². The fourth-order valence-electron chi connectivity index (χ4n) is 2.19. The molecule has 1 aromatic heterocycles. The van der Waals surface area contributed by atoms with Crippen LogP contribution in [0.2, 0.25) is 4.34 Å². The summed E-state index contributed by atoms with van der Waals surface area (Å²) in [4.78, 5) is 11.6. The number of carbonyl (C=O) groups excluding carboxylic acids is 1. The number of benzene rings is 2. The van der Waals surface area contributed by atoms with E-state index in [-0.39, 0.29) is 5.97 Å². The third kappa shape index (κ3) is 2.19. The van der Waals surface area contributed by atoms with Crippen molar-refractivity contribution in [2.75, 3.05) is 7.11 Å². The van der Waals surface area contributed by atoms with Gasteiger partial charge in [-0.15, -0.1) is 11.3 Å². The summed E-state index contributed by atoms with van der Waals surface area (Å²) in [6.07, 6.45) is 0. The number of ether oxygens (including phenoxy) is 1. The Hall–Kier alpha value is -1.84. The van der Waals surface area contributed by atoms with Gasteiger partial charge in [0, 0.05) is 15.6 Å². The van der Waals surface area contributed by atoms with Gasteiger partial charge in [-0.3, -0.25) is 0 Å². The average molecular weight is 303 g/mol. The van der Waals surface area contributed by atoms with Crippen molar-refractivity contribution in [3.05, 3.63) is 58.4 Å². The molecule has 1 heterocycles. The first-order valence-electron chi connectivity index (χ1n) is 6.06. The second-order valence-corrected chi connectivity index (χ2v) is 5.97. The monoisotopic (exact) mass is 302 g/mol. The van der Waals surface area contributed by atoms with Crippen molar-refractivity contribution < 1.29 is 9.53 Å². The maximum atomic E-state index is 11.6. The molecule has 0 fully saturated rings. The van der Waals surface area contributed by atoms with Crippen LogP contribution in [-0.4, -0.2) is 13.1 Å². The molecule has 0 radical (unpaired) electrons. The molecule has 2 nitrogen and oxygen atoms in total. The highest BCUT2D eigenvalue weighted by atomic mass is 35.5. The van der Waals surface area contributed by atoms with E-state index in [0.29, 0.717) is 5.56 Å². The molecule has 0 aliphatic heterocycles. The molecule has 2 aromatic carbocycles. The minimum absolute atomic E-state index is 0.335. The number of fused-ring (bicyclic) bond motifs is 1. The van der Waals surface area contributed by atoms with Crippen LogP contribution in [0.15, 0.2) is 48.5 Å². The maximum Gasteiger partial charge on any atom is 0.337 e. The first kappa shape index (κ1) is 13.2. The molecule has 0 bridgehead atoms. The molecule has 4 heteroatoms. The lowest BCUT2D eigenvalue weighted by molar-refractivity contribution is 0.0601. The van der Waals surface area contributed by atoms with Gasteiger partial charge in [0.25, 0.3) is 0 Å². The van der Waals surface area contributed by atoms with Crippen molar-refractivity contribution in [1.82, 2.24) is 0 Å². The zero-order valence-electron chi connectivity index (χ0n) is 10.7.